The molecule has 5 heteroatoms. The van der Waals surface area contributed by atoms with Gasteiger partial charge in [0.25, 0.3) is 5.91 Å². The number of hydrogen-bond donors (Lipinski definition) is 2. The Hall–Kier alpha value is -1.04. The van der Waals surface area contributed by atoms with Gasteiger partial charge < -0.3 is 5.73 Å². The van der Waals surface area contributed by atoms with Gasteiger partial charge in [0.1, 0.15) is 0 Å². The van der Waals surface area contributed by atoms with E-state index in [0.29, 0.717) is 6.42 Å². The number of thioether (sulfide) groups is 1. The second kappa shape index (κ2) is 5.89. The summed E-state index contributed by atoms with van der Waals surface area (Å²) < 4.78 is 0. The van der Waals surface area contributed by atoms with Crippen molar-refractivity contribution >= 4 is 17.7 Å². The smallest absolute Gasteiger partial charge is 0.253 e. The van der Waals surface area contributed by atoms with Crippen LogP contribution >= 0.6 is 11.8 Å². The quantitative estimate of drug-likeness (QED) is 0.349. The van der Waals surface area contributed by atoms with E-state index in [1.54, 1.807) is 11.8 Å². The summed E-state index contributed by atoms with van der Waals surface area (Å²) in [5.74, 6) is 5.08. The molecule has 1 rings (SSSR count). The van der Waals surface area contributed by atoms with Gasteiger partial charge in [0.05, 0.1) is 6.04 Å². The van der Waals surface area contributed by atoms with Crippen LogP contribution < -0.4 is 11.6 Å². The highest BCUT2D eigenvalue weighted by Crippen LogP contribution is 2.15. The summed E-state index contributed by atoms with van der Waals surface area (Å²) in [5, 5.41) is 1.03. The molecule has 0 fully saturated rings. The molecular weight excluding hydrogens is 222 g/mol. The van der Waals surface area contributed by atoms with Gasteiger partial charge in [-0.2, -0.15) is 0 Å². The fraction of sp³-hybridized carbons (Fsp3) is 0.364. The zero-order chi connectivity index (χ0) is 12.1. The number of hydrazine groups is 1. The van der Waals surface area contributed by atoms with Crippen molar-refractivity contribution in [2.75, 3.05) is 13.3 Å². The van der Waals surface area contributed by atoms with Gasteiger partial charge in [0.2, 0.25) is 0 Å². The topological polar surface area (TPSA) is 72.4 Å². The minimum absolute atomic E-state index is 0.256. The summed E-state index contributed by atoms with van der Waals surface area (Å²) in [5.41, 5.74) is 6.79. The molecule has 0 spiro atoms. The highest BCUT2D eigenvalue weighted by atomic mass is 32.2. The lowest BCUT2D eigenvalue weighted by molar-refractivity contribution is -0.131. The number of carbonyl (C=O) groups is 1. The number of likely N-dealkylation sites (N-methyl/N-ethyl adjacent to an activating group) is 1. The maximum atomic E-state index is 11.4. The molecule has 0 saturated heterocycles. The number of benzene rings is 1. The lowest BCUT2D eigenvalue weighted by Crippen LogP contribution is -2.46. The van der Waals surface area contributed by atoms with Crippen molar-refractivity contribution in [2.45, 2.75) is 17.4 Å². The van der Waals surface area contributed by atoms with Crippen LogP contribution in [0.15, 0.2) is 29.2 Å². The van der Waals surface area contributed by atoms with Crippen LogP contribution in [0.4, 0.5) is 0 Å². The molecule has 0 heterocycles. The number of nitrogens with two attached hydrogens (primary N) is 2. The number of nitrogens with zero attached hydrogens (tertiary/aromatic N) is 1. The molecule has 88 valence electrons. The third-order valence-electron chi connectivity index (χ3n) is 2.28. The first-order valence-electron chi connectivity index (χ1n) is 4.95. The number of carbonyl (C=O) groups excluding carboxylic acids is 1. The molecule has 0 bridgehead atoms. The minimum Gasteiger partial charge on any atom is -0.320 e. The van der Waals surface area contributed by atoms with Gasteiger partial charge in [-0.3, -0.25) is 9.80 Å². The average Bonchev–Trinajstić information content (AvgIpc) is 2.28. The lowest BCUT2D eigenvalue weighted by Gasteiger charge is -2.16. The molecule has 0 aliphatic heterocycles. The fourth-order valence-electron chi connectivity index (χ4n) is 1.36. The Morgan fingerprint density at radius 2 is 2.00 bits per heavy atom. The van der Waals surface area contributed by atoms with E-state index in [9.17, 15) is 4.79 Å². The molecule has 0 saturated carbocycles. The molecule has 1 aromatic rings. The van der Waals surface area contributed by atoms with Crippen molar-refractivity contribution in [2.24, 2.45) is 11.6 Å². The largest absolute Gasteiger partial charge is 0.320 e. The van der Waals surface area contributed by atoms with E-state index >= 15 is 0 Å². The molecule has 16 heavy (non-hydrogen) atoms. The molecule has 0 aromatic heterocycles. The Labute approximate surface area is 100.0 Å². The molecule has 0 aliphatic rings. The van der Waals surface area contributed by atoms with E-state index in [4.69, 9.17) is 11.6 Å². The molecule has 1 unspecified atom stereocenters. The molecular formula is C11H17N3OS. The predicted molar refractivity (Wildman–Crippen MR) is 66.9 cm³/mol. The predicted octanol–water partition coefficient (Wildman–Crippen LogP) is 0.610. The van der Waals surface area contributed by atoms with Crippen LogP contribution in [0, 0.1) is 0 Å². The van der Waals surface area contributed by atoms with Crippen LogP contribution in [0.5, 0.6) is 0 Å². The van der Waals surface area contributed by atoms with E-state index in [-0.39, 0.29) is 5.91 Å². The summed E-state index contributed by atoms with van der Waals surface area (Å²) in [6.45, 7) is 0. The van der Waals surface area contributed by atoms with Crippen molar-refractivity contribution < 1.29 is 4.79 Å². The summed E-state index contributed by atoms with van der Waals surface area (Å²) in [6.07, 6.45) is 2.53. The zero-order valence-electron chi connectivity index (χ0n) is 9.51. The Balaban J connectivity index is 2.62. The summed E-state index contributed by atoms with van der Waals surface area (Å²) >= 11 is 1.68. The maximum absolute atomic E-state index is 11.4. The van der Waals surface area contributed by atoms with Crippen molar-refractivity contribution in [3.63, 3.8) is 0 Å². The molecule has 1 atom stereocenters. The summed E-state index contributed by atoms with van der Waals surface area (Å²) in [4.78, 5) is 12.6. The van der Waals surface area contributed by atoms with Gasteiger partial charge in [-0.25, -0.2) is 5.84 Å². The van der Waals surface area contributed by atoms with Crippen molar-refractivity contribution in [1.29, 1.82) is 0 Å². The summed E-state index contributed by atoms with van der Waals surface area (Å²) in [6, 6.07) is 7.42. The third-order valence-corrected chi connectivity index (χ3v) is 3.02. The first-order chi connectivity index (χ1) is 7.54. The Morgan fingerprint density at radius 3 is 2.44 bits per heavy atom. The molecule has 1 aromatic carbocycles. The molecule has 0 radical (unpaired) electrons. The third kappa shape index (κ3) is 3.52. The van der Waals surface area contributed by atoms with Gasteiger partial charge in [0.15, 0.2) is 0 Å². The van der Waals surface area contributed by atoms with Gasteiger partial charge in [0, 0.05) is 11.9 Å². The standard InChI is InChI=1S/C11H17N3OS/c1-14(13)11(15)10(12)7-8-3-5-9(16-2)6-4-8/h3-6,10H,7,12-13H2,1-2H3. The molecule has 1 amide bonds. The molecule has 4 N–H and O–H groups in total. The summed E-state index contributed by atoms with van der Waals surface area (Å²) in [7, 11) is 1.50. The van der Waals surface area contributed by atoms with E-state index in [1.165, 1.54) is 11.9 Å². The van der Waals surface area contributed by atoms with Crippen LogP contribution in [-0.4, -0.2) is 30.3 Å². The second-order valence-corrected chi connectivity index (χ2v) is 4.49. The SMILES string of the molecule is CSc1ccc(CC(N)C(=O)N(C)N)cc1. The highest BCUT2D eigenvalue weighted by Gasteiger charge is 2.16. The van der Waals surface area contributed by atoms with E-state index < -0.39 is 6.04 Å². The van der Waals surface area contributed by atoms with Crippen molar-refractivity contribution in [3.8, 4) is 0 Å². The van der Waals surface area contributed by atoms with Crippen LogP contribution in [0.1, 0.15) is 5.56 Å². The van der Waals surface area contributed by atoms with E-state index in [2.05, 4.69) is 0 Å². The van der Waals surface area contributed by atoms with Crippen LogP contribution in [0.3, 0.4) is 0 Å². The zero-order valence-corrected chi connectivity index (χ0v) is 10.3. The maximum Gasteiger partial charge on any atom is 0.253 e. The average molecular weight is 239 g/mol. The van der Waals surface area contributed by atoms with Gasteiger partial charge in [-0.05, 0) is 30.4 Å². The first-order valence-corrected chi connectivity index (χ1v) is 6.18. The van der Waals surface area contributed by atoms with Gasteiger partial charge >= 0.3 is 0 Å². The number of rotatable bonds is 4. The van der Waals surface area contributed by atoms with Gasteiger partial charge in [-0.15, -0.1) is 11.8 Å². The van der Waals surface area contributed by atoms with Crippen LogP contribution in [-0.2, 0) is 11.2 Å². The van der Waals surface area contributed by atoms with Crippen LogP contribution in [0.2, 0.25) is 0 Å². The van der Waals surface area contributed by atoms with E-state index in [0.717, 1.165) is 10.6 Å². The molecule has 0 aliphatic carbocycles. The normalized spacial score (nSPS) is 12.2. The van der Waals surface area contributed by atoms with E-state index in [1.807, 2.05) is 30.5 Å². The first kappa shape index (κ1) is 13.0. The number of amides is 1. The monoisotopic (exact) mass is 239 g/mol. The highest BCUT2D eigenvalue weighted by molar-refractivity contribution is 7.98. The van der Waals surface area contributed by atoms with Gasteiger partial charge in [-0.1, -0.05) is 12.1 Å². The van der Waals surface area contributed by atoms with Crippen molar-refractivity contribution in [3.05, 3.63) is 29.8 Å². The Morgan fingerprint density at radius 1 is 1.44 bits per heavy atom. The van der Waals surface area contributed by atoms with Crippen LogP contribution in [0.25, 0.3) is 0 Å². The minimum atomic E-state index is -0.574. The Bertz CT molecular complexity index is 351. The Kier molecular flexibility index (Phi) is 4.79. The lowest BCUT2D eigenvalue weighted by atomic mass is 10.1. The molecule has 4 nitrogen and oxygen atoms in total. The fourth-order valence-corrected chi connectivity index (χ4v) is 1.77. The number of hydrogen-bond acceptors (Lipinski definition) is 4. The second-order valence-electron chi connectivity index (χ2n) is 3.61. The van der Waals surface area contributed by atoms with Crippen molar-refractivity contribution in [1.82, 2.24) is 5.01 Å².